The van der Waals surface area contributed by atoms with Crippen molar-refractivity contribution in [1.29, 1.82) is 0 Å². The second kappa shape index (κ2) is 3.99. The Morgan fingerprint density at radius 1 is 1.22 bits per heavy atom. The highest BCUT2D eigenvalue weighted by atomic mass is 16.5. The van der Waals surface area contributed by atoms with Gasteiger partial charge in [0.2, 0.25) is 5.89 Å². The molecule has 0 bridgehead atoms. The second-order valence-electron chi connectivity index (χ2n) is 5.70. The largest absolute Gasteiger partial charge is 0.497 e. The zero-order valence-corrected chi connectivity index (χ0v) is 11.6. The van der Waals surface area contributed by atoms with Crippen molar-refractivity contribution in [1.82, 2.24) is 4.98 Å². The van der Waals surface area contributed by atoms with Crippen molar-refractivity contribution in [2.75, 3.05) is 7.11 Å². The number of aromatic nitrogens is 1. The van der Waals surface area contributed by atoms with Crippen molar-refractivity contribution in [3.63, 3.8) is 0 Å². The van der Waals surface area contributed by atoms with Crippen molar-refractivity contribution in [2.24, 2.45) is 5.73 Å². The maximum atomic E-state index is 6.20. The van der Waals surface area contributed by atoms with Crippen molar-refractivity contribution in [2.45, 2.75) is 38.6 Å². The van der Waals surface area contributed by atoms with Gasteiger partial charge >= 0.3 is 0 Å². The maximum Gasteiger partial charge on any atom is 0.202 e. The van der Waals surface area contributed by atoms with E-state index >= 15 is 0 Å². The van der Waals surface area contributed by atoms with Crippen LogP contribution in [0.1, 0.15) is 33.6 Å². The van der Waals surface area contributed by atoms with Gasteiger partial charge in [0.25, 0.3) is 0 Å². The molecule has 18 heavy (non-hydrogen) atoms. The van der Waals surface area contributed by atoms with Gasteiger partial charge in [0.15, 0.2) is 5.58 Å². The second-order valence-corrected chi connectivity index (χ2v) is 5.70. The highest BCUT2D eigenvalue weighted by Crippen LogP contribution is 2.34. The number of nitrogens with zero attached hydrogens (tertiary/aromatic N) is 1. The first-order valence-electron chi connectivity index (χ1n) is 5.99. The van der Waals surface area contributed by atoms with Crippen molar-refractivity contribution >= 4 is 11.1 Å². The molecule has 0 saturated heterocycles. The summed E-state index contributed by atoms with van der Waals surface area (Å²) in [7, 11) is 1.63. The number of ether oxygens (including phenoxy) is 1. The lowest BCUT2D eigenvalue weighted by atomic mass is 9.75. The summed E-state index contributed by atoms with van der Waals surface area (Å²) in [5.41, 5.74) is 6.98. The van der Waals surface area contributed by atoms with Gasteiger partial charge in [-0.05, 0) is 39.8 Å². The number of rotatable bonds is 3. The van der Waals surface area contributed by atoms with Crippen LogP contribution in [0, 0.1) is 0 Å². The summed E-state index contributed by atoms with van der Waals surface area (Å²) in [6.45, 7) is 8.02. The van der Waals surface area contributed by atoms with E-state index in [2.05, 4.69) is 4.98 Å². The van der Waals surface area contributed by atoms with E-state index in [1.807, 2.05) is 45.9 Å². The van der Waals surface area contributed by atoms with Crippen LogP contribution in [0.3, 0.4) is 0 Å². The minimum Gasteiger partial charge on any atom is -0.497 e. The molecule has 0 spiro atoms. The fourth-order valence-corrected chi connectivity index (χ4v) is 1.57. The molecule has 0 fully saturated rings. The average molecular weight is 248 g/mol. The smallest absolute Gasteiger partial charge is 0.202 e. The summed E-state index contributed by atoms with van der Waals surface area (Å²) in [6, 6.07) is 5.60. The first-order chi connectivity index (χ1) is 8.25. The van der Waals surface area contributed by atoms with E-state index in [4.69, 9.17) is 14.9 Å². The summed E-state index contributed by atoms with van der Waals surface area (Å²) in [5, 5.41) is 0. The maximum absolute atomic E-state index is 6.20. The Kier molecular flexibility index (Phi) is 2.86. The first-order valence-corrected chi connectivity index (χ1v) is 5.99. The predicted octanol–water partition coefficient (Wildman–Crippen LogP) is 2.85. The molecule has 0 aliphatic heterocycles. The van der Waals surface area contributed by atoms with Gasteiger partial charge in [-0.25, -0.2) is 4.98 Å². The fourth-order valence-electron chi connectivity index (χ4n) is 1.57. The van der Waals surface area contributed by atoms with E-state index in [9.17, 15) is 0 Å². The summed E-state index contributed by atoms with van der Waals surface area (Å²) in [6.07, 6.45) is 0. The van der Waals surface area contributed by atoms with E-state index in [0.29, 0.717) is 5.89 Å². The molecule has 2 rings (SSSR count). The molecule has 1 aromatic heterocycles. The van der Waals surface area contributed by atoms with Gasteiger partial charge in [-0.15, -0.1) is 0 Å². The lowest BCUT2D eigenvalue weighted by molar-refractivity contribution is 0.251. The molecule has 0 atom stereocenters. The lowest BCUT2D eigenvalue weighted by Crippen LogP contribution is -2.50. The number of hydrogen-bond donors (Lipinski definition) is 1. The normalized spacial score (nSPS) is 13.0. The predicted molar refractivity (Wildman–Crippen MR) is 71.9 cm³/mol. The Morgan fingerprint density at radius 2 is 1.89 bits per heavy atom. The van der Waals surface area contributed by atoms with Gasteiger partial charge in [-0.3, -0.25) is 0 Å². The number of hydrogen-bond acceptors (Lipinski definition) is 4. The number of oxazole rings is 1. The third-order valence-corrected chi connectivity index (χ3v) is 3.74. The molecule has 0 unspecified atom stereocenters. The summed E-state index contributed by atoms with van der Waals surface area (Å²) < 4.78 is 11.0. The lowest BCUT2D eigenvalue weighted by Gasteiger charge is -2.35. The molecule has 4 heteroatoms. The van der Waals surface area contributed by atoms with Gasteiger partial charge < -0.3 is 14.9 Å². The molecule has 98 valence electrons. The molecule has 0 amide bonds. The molecular formula is C14H20N2O2. The SMILES string of the molecule is COc1ccc2nc(C(C)(C)C(C)(C)N)oc2c1. The Labute approximate surface area is 107 Å². The van der Waals surface area contributed by atoms with Gasteiger partial charge in [-0.1, -0.05) is 0 Å². The zero-order valence-electron chi connectivity index (χ0n) is 11.6. The van der Waals surface area contributed by atoms with Crippen LogP contribution >= 0.6 is 0 Å². The molecule has 0 aliphatic carbocycles. The summed E-state index contributed by atoms with van der Waals surface area (Å²) in [4.78, 5) is 4.52. The van der Waals surface area contributed by atoms with Crippen LogP contribution in [0.5, 0.6) is 5.75 Å². The van der Waals surface area contributed by atoms with E-state index in [-0.39, 0.29) is 5.41 Å². The van der Waals surface area contributed by atoms with Crippen molar-refractivity contribution in [3.8, 4) is 5.75 Å². The molecule has 0 radical (unpaired) electrons. The Morgan fingerprint density at radius 3 is 2.44 bits per heavy atom. The van der Waals surface area contributed by atoms with Crippen molar-refractivity contribution < 1.29 is 9.15 Å². The Balaban J connectivity index is 2.54. The fraction of sp³-hybridized carbons (Fsp3) is 0.500. The van der Waals surface area contributed by atoms with Gasteiger partial charge in [0.1, 0.15) is 11.3 Å². The zero-order chi connectivity index (χ0) is 13.6. The molecule has 1 aromatic carbocycles. The highest BCUT2D eigenvalue weighted by Gasteiger charge is 2.39. The molecule has 0 saturated carbocycles. The van der Waals surface area contributed by atoms with Crippen LogP contribution in [-0.4, -0.2) is 17.6 Å². The van der Waals surface area contributed by atoms with Crippen molar-refractivity contribution in [3.05, 3.63) is 24.1 Å². The topological polar surface area (TPSA) is 61.3 Å². The summed E-state index contributed by atoms with van der Waals surface area (Å²) >= 11 is 0. The monoisotopic (exact) mass is 248 g/mol. The number of nitrogens with two attached hydrogens (primary N) is 1. The quantitative estimate of drug-likeness (QED) is 0.907. The van der Waals surface area contributed by atoms with Crippen LogP contribution in [0.25, 0.3) is 11.1 Å². The summed E-state index contributed by atoms with van der Waals surface area (Å²) in [5.74, 6) is 1.41. The van der Waals surface area contributed by atoms with E-state index in [1.165, 1.54) is 0 Å². The van der Waals surface area contributed by atoms with E-state index in [0.717, 1.165) is 16.8 Å². The molecular weight excluding hydrogens is 228 g/mol. The molecule has 4 nitrogen and oxygen atoms in total. The van der Waals surface area contributed by atoms with Gasteiger partial charge in [0.05, 0.1) is 12.5 Å². The minimum absolute atomic E-state index is 0.348. The van der Waals surface area contributed by atoms with Crippen LogP contribution in [-0.2, 0) is 5.41 Å². The first kappa shape index (κ1) is 12.9. The minimum atomic E-state index is -0.419. The third-order valence-electron chi connectivity index (χ3n) is 3.74. The van der Waals surface area contributed by atoms with Crippen LogP contribution < -0.4 is 10.5 Å². The average Bonchev–Trinajstić information content (AvgIpc) is 2.70. The Hall–Kier alpha value is -1.55. The van der Waals surface area contributed by atoms with E-state index < -0.39 is 5.54 Å². The van der Waals surface area contributed by atoms with Gasteiger partial charge in [-0.2, -0.15) is 0 Å². The van der Waals surface area contributed by atoms with Crippen LogP contribution in [0.4, 0.5) is 0 Å². The van der Waals surface area contributed by atoms with Gasteiger partial charge in [0, 0.05) is 11.6 Å². The number of benzene rings is 1. The standard InChI is InChI=1S/C14H20N2O2/c1-13(2,14(3,4)15)12-16-10-7-6-9(17-5)8-11(10)18-12/h6-8H,15H2,1-5H3. The highest BCUT2D eigenvalue weighted by molar-refractivity contribution is 5.74. The molecule has 2 aromatic rings. The van der Waals surface area contributed by atoms with Crippen LogP contribution in [0.15, 0.2) is 22.6 Å². The number of fused-ring (bicyclic) bond motifs is 1. The molecule has 1 heterocycles. The number of methoxy groups -OCH3 is 1. The third kappa shape index (κ3) is 1.97. The molecule has 2 N–H and O–H groups in total. The van der Waals surface area contributed by atoms with E-state index in [1.54, 1.807) is 7.11 Å². The van der Waals surface area contributed by atoms with Crippen LogP contribution in [0.2, 0.25) is 0 Å². The molecule has 0 aliphatic rings. The Bertz CT molecular complexity index is 565.